The molecule has 0 heterocycles. The third-order valence-corrected chi connectivity index (χ3v) is 4.95. The first-order valence-corrected chi connectivity index (χ1v) is 7.93. The summed E-state index contributed by atoms with van der Waals surface area (Å²) < 4.78 is 0. The Kier molecular flexibility index (Phi) is 5.92. The van der Waals surface area contributed by atoms with Gasteiger partial charge in [0.15, 0.2) is 0 Å². The van der Waals surface area contributed by atoms with Gasteiger partial charge in [-0.2, -0.15) is 0 Å². The fraction of sp³-hybridized carbons (Fsp3) is 0.667. The van der Waals surface area contributed by atoms with Crippen molar-refractivity contribution >= 4 is 11.6 Å². The molecule has 0 aromatic heterocycles. The summed E-state index contributed by atoms with van der Waals surface area (Å²) in [5.41, 5.74) is 2.99. The van der Waals surface area contributed by atoms with Crippen molar-refractivity contribution < 1.29 is 0 Å². The molecule has 0 aliphatic carbocycles. The second-order valence-electron chi connectivity index (χ2n) is 6.95. The number of rotatable bonds is 5. The molecular formula is C18H29Cl. The highest BCUT2D eigenvalue weighted by Gasteiger charge is 2.23. The van der Waals surface area contributed by atoms with Gasteiger partial charge < -0.3 is 0 Å². The molecule has 0 aliphatic rings. The van der Waals surface area contributed by atoms with Crippen molar-refractivity contribution in [1.29, 1.82) is 0 Å². The Morgan fingerprint density at radius 1 is 1.00 bits per heavy atom. The molecule has 1 rings (SSSR count). The van der Waals surface area contributed by atoms with E-state index in [9.17, 15) is 0 Å². The molecule has 108 valence electrons. The van der Waals surface area contributed by atoms with Gasteiger partial charge in [0, 0.05) is 0 Å². The van der Waals surface area contributed by atoms with E-state index in [4.69, 9.17) is 11.6 Å². The largest absolute Gasteiger partial charge is 0.118 e. The van der Waals surface area contributed by atoms with E-state index in [0.717, 1.165) is 6.42 Å². The molecule has 3 atom stereocenters. The monoisotopic (exact) mass is 280 g/mol. The summed E-state index contributed by atoms with van der Waals surface area (Å²) in [6, 6.07) is 8.88. The van der Waals surface area contributed by atoms with E-state index in [0.29, 0.717) is 17.3 Å². The zero-order chi connectivity index (χ0) is 14.6. The molecule has 0 fully saturated rings. The minimum Gasteiger partial charge on any atom is -0.118 e. The normalized spacial score (nSPS) is 17.0. The first kappa shape index (κ1) is 16.6. The lowest BCUT2D eigenvalue weighted by Gasteiger charge is -2.29. The summed E-state index contributed by atoms with van der Waals surface area (Å²) in [5.74, 6) is 1.25. The van der Waals surface area contributed by atoms with Crippen molar-refractivity contribution in [3.05, 3.63) is 35.4 Å². The fourth-order valence-corrected chi connectivity index (χ4v) is 2.48. The summed E-state index contributed by atoms with van der Waals surface area (Å²) in [7, 11) is 0. The summed E-state index contributed by atoms with van der Waals surface area (Å²) in [5, 5.41) is 0.125. The van der Waals surface area contributed by atoms with Crippen LogP contribution < -0.4 is 0 Å². The van der Waals surface area contributed by atoms with Crippen molar-refractivity contribution in [3.63, 3.8) is 0 Å². The third-order valence-electron chi connectivity index (χ3n) is 4.52. The van der Waals surface area contributed by atoms with Gasteiger partial charge in [-0.05, 0) is 41.2 Å². The molecule has 3 unspecified atom stereocenters. The van der Waals surface area contributed by atoms with Gasteiger partial charge in [-0.25, -0.2) is 0 Å². The molecule has 1 aromatic rings. The van der Waals surface area contributed by atoms with E-state index in [1.807, 2.05) is 0 Å². The highest BCUT2D eigenvalue weighted by molar-refractivity contribution is 6.20. The third kappa shape index (κ3) is 4.84. The fourth-order valence-electron chi connectivity index (χ4n) is 2.07. The molecule has 1 aromatic carbocycles. The first-order valence-electron chi connectivity index (χ1n) is 7.49. The zero-order valence-electron chi connectivity index (χ0n) is 13.3. The topological polar surface area (TPSA) is 0 Å². The number of halogens is 1. The Labute approximate surface area is 124 Å². The molecule has 0 N–H and O–H groups in total. The molecule has 19 heavy (non-hydrogen) atoms. The average Bonchev–Trinajstić information content (AvgIpc) is 2.36. The van der Waals surface area contributed by atoms with Gasteiger partial charge in [0.25, 0.3) is 0 Å². The van der Waals surface area contributed by atoms with Crippen LogP contribution in [0, 0.1) is 11.3 Å². The standard InChI is InChI=1S/C18H29Cl/c1-7-13(2)15-8-10-16(11-9-15)17(19)12-14(3)18(4,5)6/h8-11,13-14,17H,7,12H2,1-6H3. The van der Waals surface area contributed by atoms with E-state index < -0.39 is 0 Å². The van der Waals surface area contributed by atoms with Gasteiger partial charge in [0.2, 0.25) is 0 Å². The van der Waals surface area contributed by atoms with Crippen molar-refractivity contribution in [2.75, 3.05) is 0 Å². The molecule has 0 spiro atoms. The summed E-state index contributed by atoms with van der Waals surface area (Å²) in [6.45, 7) is 13.7. The number of hydrogen-bond acceptors (Lipinski definition) is 0. The maximum Gasteiger partial charge on any atom is 0.0588 e. The van der Waals surface area contributed by atoms with Crippen LogP contribution in [0.3, 0.4) is 0 Å². The van der Waals surface area contributed by atoms with Gasteiger partial charge in [0.1, 0.15) is 0 Å². The van der Waals surface area contributed by atoms with E-state index in [-0.39, 0.29) is 5.38 Å². The first-order chi connectivity index (χ1) is 8.75. The van der Waals surface area contributed by atoms with E-state index >= 15 is 0 Å². The van der Waals surface area contributed by atoms with E-state index in [1.54, 1.807) is 0 Å². The molecule has 1 heteroatoms. The van der Waals surface area contributed by atoms with Crippen LogP contribution in [0.15, 0.2) is 24.3 Å². The summed E-state index contributed by atoms with van der Waals surface area (Å²) >= 11 is 6.57. The molecule has 0 saturated heterocycles. The molecule has 0 amide bonds. The summed E-state index contributed by atoms with van der Waals surface area (Å²) in [4.78, 5) is 0. The Morgan fingerprint density at radius 3 is 1.89 bits per heavy atom. The smallest absolute Gasteiger partial charge is 0.0588 e. The molecular weight excluding hydrogens is 252 g/mol. The average molecular weight is 281 g/mol. The van der Waals surface area contributed by atoms with E-state index in [1.165, 1.54) is 17.5 Å². The second kappa shape index (κ2) is 6.79. The van der Waals surface area contributed by atoms with Gasteiger partial charge in [-0.15, -0.1) is 11.6 Å². The lowest BCUT2D eigenvalue weighted by atomic mass is 9.79. The Balaban J connectivity index is 2.70. The molecule has 0 nitrogen and oxygen atoms in total. The Hall–Kier alpha value is -0.490. The number of alkyl halides is 1. The molecule has 0 aliphatic heterocycles. The van der Waals surface area contributed by atoms with Gasteiger partial charge in [-0.3, -0.25) is 0 Å². The predicted molar refractivity (Wildman–Crippen MR) is 87.0 cm³/mol. The van der Waals surface area contributed by atoms with Crippen LogP contribution in [0.1, 0.15) is 76.8 Å². The van der Waals surface area contributed by atoms with Crippen molar-refractivity contribution in [3.8, 4) is 0 Å². The number of hydrogen-bond donors (Lipinski definition) is 0. The lowest BCUT2D eigenvalue weighted by Crippen LogP contribution is -2.18. The van der Waals surface area contributed by atoms with E-state index in [2.05, 4.69) is 65.8 Å². The minimum absolute atomic E-state index is 0.125. The maximum atomic E-state index is 6.57. The second-order valence-corrected chi connectivity index (χ2v) is 7.47. The lowest BCUT2D eigenvalue weighted by molar-refractivity contribution is 0.245. The van der Waals surface area contributed by atoms with Crippen LogP contribution in [0.25, 0.3) is 0 Å². The van der Waals surface area contributed by atoms with Crippen molar-refractivity contribution in [1.82, 2.24) is 0 Å². The van der Waals surface area contributed by atoms with Crippen LogP contribution in [0.5, 0.6) is 0 Å². The molecule has 0 bridgehead atoms. The van der Waals surface area contributed by atoms with Crippen LogP contribution in [0.2, 0.25) is 0 Å². The quantitative estimate of drug-likeness (QED) is 0.536. The maximum absolute atomic E-state index is 6.57. The highest BCUT2D eigenvalue weighted by Crippen LogP contribution is 2.36. The highest BCUT2D eigenvalue weighted by atomic mass is 35.5. The van der Waals surface area contributed by atoms with Crippen LogP contribution >= 0.6 is 11.6 Å². The van der Waals surface area contributed by atoms with Crippen LogP contribution in [-0.4, -0.2) is 0 Å². The van der Waals surface area contributed by atoms with Crippen LogP contribution in [0.4, 0.5) is 0 Å². The van der Waals surface area contributed by atoms with Crippen LogP contribution in [-0.2, 0) is 0 Å². The SMILES string of the molecule is CCC(C)c1ccc(C(Cl)CC(C)C(C)(C)C)cc1. The minimum atomic E-state index is 0.125. The Morgan fingerprint density at radius 2 is 1.47 bits per heavy atom. The van der Waals surface area contributed by atoms with Gasteiger partial charge in [0.05, 0.1) is 5.38 Å². The Bertz CT molecular complexity index is 372. The number of benzene rings is 1. The molecule has 0 saturated carbocycles. The van der Waals surface area contributed by atoms with Gasteiger partial charge >= 0.3 is 0 Å². The molecule has 0 radical (unpaired) electrons. The zero-order valence-corrected chi connectivity index (χ0v) is 14.1. The summed E-state index contributed by atoms with van der Waals surface area (Å²) in [6.07, 6.45) is 2.22. The van der Waals surface area contributed by atoms with Gasteiger partial charge in [-0.1, -0.05) is 65.8 Å². The van der Waals surface area contributed by atoms with Crippen molar-refractivity contribution in [2.24, 2.45) is 11.3 Å². The predicted octanol–water partition coefficient (Wildman–Crippen LogP) is 6.55. The van der Waals surface area contributed by atoms with Crippen molar-refractivity contribution in [2.45, 2.75) is 65.7 Å².